The minimum absolute atomic E-state index is 0.178. The molecule has 1 unspecified atom stereocenters. The predicted molar refractivity (Wildman–Crippen MR) is 70.1 cm³/mol. The first-order chi connectivity index (χ1) is 8.58. The van der Waals surface area contributed by atoms with Crippen LogP contribution in [-0.4, -0.2) is 49.6 Å². The van der Waals surface area contributed by atoms with E-state index in [-0.39, 0.29) is 12.5 Å². The first kappa shape index (κ1) is 14.8. The number of rotatable bonds is 6. The van der Waals surface area contributed by atoms with Crippen molar-refractivity contribution in [2.75, 3.05) is 32.7 Å². The molecule has 0 spiro atoms. The monoisotopic (exact) mass is 256 g/mol. The number of nitrogens with one attached hydrogen (secondary N) is 2. The smallest absolute Gasteiger partial charge is 0.314 e. The molecule has 4 N–H and O–H groups in total. The van der Waals surface area contributed by atoms with Gasteiger partial charge in [-0.1, -0.05) is 6.92 Å². The number of carbonyl (C=O) groups excluding carboxylic acids is 2. The number of piperidine rings is 1. The summed E-state index contributed by atoms with van der Waals surface area (Å²) in [6, 6.07) is -0.235. The molecule has 6 nitrogen and oxygen atoms in total. The van der Waals surface area contributed by atoms with E-state index >= 15 is 0 Å². The van der Waals surface area contributed by atoms with Crippen molar-refractivity contribution in [1.29, 1.82) is 0 Å². The molecule has 18 heavy (non-hydrogen) atoms. The summed E-state index contributed by atoms with van der Waals surface area (Å²) < 4.78 is 0. The maximum absolute atomic E-state index is 11.3. The highest BCUT2D eigenvalue weighted by Gasteiger charge is 2.15. The third kappa shape index (κ3) is 6.44. The second-order valence-electron chi connectivity index (χ2n) is 4.95. The first-order valence-electron chi connectivity index (χ1n) is 6.60. The standard InChI is InChI=1S/C12H24N4O2/c1-10-3-2-7-16(9-10)8-6-15-12(18)14-5-4-11(13)17/h10H,2-9H2,1H3,(H2,13,17)(H2,14,15,18). The van der Waals surface area contributed by atoms with E-state index < -0.39 is 5.91 Å². The molecular formula is C12H24N4O2. The average Bonchev–Trinajstić information content (AvgIpc) is 2.28. The van der Waals surface area contributed by atoms with E-state index in [4.69, 9.17) is 5.73 Å². The molecule has 1 saturated heterocycles. The van der Waals surface area contributed by atoms with Crippen LogP contribution >= 0.6 is 0 Å². The zero-order chi connectivity index (χ0) is 13.4. The number of hydrogen-bond acceptors (Lipinski definition) is 3. The van der Waals surface area contributed by atoms with Crippen LogP contribution in [0, 0.1) is 5.92 Å². The molecule has 104 valence electrons. The molecule has 1 aliphatic heterocycles. The van der Waals surface area contributed by atoms with Gasteiger partial charge >= 0.3 is 6.03 Å². The van der Waals surface area contributed by atoms with Crippen molar-refractivity contribution in [2.24, 2.45) is 11.7 Å². The van der Waals surface area contributed by atoms with Gasteiger partial charge in [0, 0.05) is 32.6 Å². The van der Waals surface area contributed by atoms with Gasteiger partial charge in [-0.2, -0.15) is 0 Å². The summed E-state index contributed by atoms with van der Waals surface area (Å²) in [5, 5.41) is 5.37. The molecule has 0 saturated carbocycles. The summed E-state index contributed by atoms with van der Waals surface area (Å²) in [6.07, 6.45) is 2.72. The van der Waals surface area contributed by atoms with Crippen LogP contribution in [0.1, 0.15) is 26.2 Å². The number of nitrogens with zero attached hydrogens (tertiary/aromatic N) is 1. The Kier molecular flexibility index (Phi) is 6.49. The number of hydrogen-bond donors (Lipinski definition) is 3. The van der Waals surface area contributed by atoms with Gasteiger partial charge in [0.25, 0.3) is 0 Å². The highest BCUT2D eigenvalue weighted by atomic mass is 16.2. The molecule has 0 aliphatic carbocycles. The molecule has 0 aromatic carbocycles. The molecule has 1 atom stereocenters. The van der Waals surface area contributed by atoms with Crippen LogP contribution in [0.3, 0.4) is 0 Å². The fraction of sp³-hybridized carbons (Fsp3) is 0.833. The lowest BCUT2D eigenvalue weighted by Gasteiger charge is -2.30. The van der Waals surface area contributed by atoms with Crippen LogP contribution in [-0.2, 0) is 4.79 Å². The predicted octanol–water partition coefficient (Wildman–Crippen LogP) is -0.107. The lowest BCUT2D eigenvalue weighted by molar-refractivity contribution is -0.117. The van der Waals surface area contributed by atoms with E-state index in [0.29, 0.717) is 13.1 Å². The van der Waals surface area contributed by atoms with Gasteiger partial charge in [0.2, 0.25) is 5.91 Å². The van der Waals surface area contributed by atoms with Crippen LogP contribution in [0.5, 0.6) is 0 Å². The minimum atomic E-state index is -0.405. The van der Waals surface area contributed by atoms with Gasteiger partial charge in [-0.3, -0.25) is 4.79 Å². The Bertz CT molecular complexity index is 283. The molecule has 0 bridgehead atoms. The van der Waals surface area contributed by atoms with E-state index in [1.807, 2.05) is 0 Å². The van der Waals surface area contributed by atoms with E-state index in [9.17, 15) is 9.59 Å². The van der Waals surface area contributed by atoms with Crippen molar-refractivity contribution >= 4 is 11.9 Å². The molecule has 0 aromatic heterocycles. The Morgan fingerprint density at radius 3 is 2.72 bits per heavy atom. The fourth-order valence-electron chi connectivity index (χ4n) is 2.18. The molecule has 1 rings (SSSR count). The van der Waals surface area contributed by atoms with Crippen molar-refractivity contribution in [3.63, 3.8) is 0 Å². The second kappa shape index (κ2) is 7.92. The Labute approximate surface area is 108 Å². The minimum Gasteiger partial charge on any atom is -0.370 e. The fourth-order valence-corrected chi connectivity index (χ4v) is 2.18. The Hall–Kier alpha value is -1.30. The molecule has 1 aliphatic rings. The van der Waals surface area contributed by atoms with Gasteiger partial charge in [0.1, 0.15) is 0 Å². The normalized spacial score (nSPS) is 20.4. The topological polar surface area (TPSA) is 87.5 Å². The summed E-state index contributed by atoms with van der Waals surface area (Å²) >= 11 is 0. The molecule has 6 heteroatoms. The molecule has 0 aromatic rings. The highest BCUT2D eigenvalue weighted by Crippen LogP contribution is 2.14. The maximum atomic E-state index is 11.3. The van der Waals surface area contributed by atoms with Gasteiger partial charge in [0.05, 0.1) is 0 Å². The number of likely N-dealkylation sites (tertiary alicyclic amines) is 1. The van der Waals surface area contributed by atoms with Gasteiger partial charge in [-0.15, -0.1) is 0 Å². The number of nitrogens with two attached hydrogens (primary N) is 1. The summed E-state index contributed by atoms with van der Waals surface area (Å²) in [6.45, 7) is 6.31. The van der Waals surface area contributed by atoms with Gasteiger partial charge in [-0.05, 0) is 25.3 Å². The van der Waals surface area contributed by atoms with Gasteiger partial charge < -0.3 is 21.3 Å². The zero-order valence-corrected chi connectivity index (χ0v) is 11.1. The quantitative estimate of drug-likeness (QED) is 0.620. The average molecular weight is 256 g/mol. The number of carbonyl (C=O) groups is 2. The van der Waals surface area contributed by atoms with E-state index in [2.05, 4.69) is 22.5 Å². The van der Waals surface area contributed by atoms with Crippen LogP contribution < -0.4 is 16.4 Å². The summed E-state index contributed by atoms with van der Waals surface area (Å²) in [7, 11) is 0. The van der Waals surface area contributed by atoms with Crippen LogP contribution in [0.15, 0.2) is 0 Å². The van der Waals surface area contributed by atoms with Crippen molar-refractivity contribution in [2.45, 2.75) is 26.2 Å². The molecule has 0 radical (unpaired) electrons. The highest BCUT2D eigenvalue weighted by molar-refractivity contribution is 5.76. The number of primary amides is 1. The van der Waals surface area contributed by atoms with Gasteiger partial charge in [0.15, 0.2) is 0 Å². The largest absolute Gasteiger partial charge is 0.370 e. The molecule has 1 fully saturated rings. The zero-order valence-electron chi connectivity index (χ0n) is 11.1. The maximum Gasteiger partial charge on any atom is 0.314 e. The Balaban J connectivity index is 2.02. The van der Waals surface area contributed by atoms with Crippen LogP contribution in [0.4, 0.5) is 4.79 Å². The van der Waals surface area contributed by atoms with Crippen LogP contribution in [0.25, 0.3) is 0 Å². The molecule has 1 heterocycles. The molecule has 3 amide bonds. The summed E-state index contributed by atoms with van der Waals surface area (Å²) in [5.41, 5.74) is 4.97. The third-order valence-electron chi connectivity index (χ3n) is 3.11. The Morgan fingerprint density at radius 1 is 1.33 bits per heavy atom. The number of urea groups is 1. The molecular weight excluding hydrogens is 232 g/mol. The van der Waals surface area contributed by atoms with Crippen molar-refractivity contribution in [3.05, 3.63) is 0 Å². The van der Waals surface area contributed by atoms with Crippen molar-refractivity contribution in [1.82, 2.24) is 15.5 Å². The summed E-state index contributed by atoms with van der Waals surface area (Å²) in [5.74, 6) is 0.348. The number of amides is 3. The van der Waals surface area contributed by atoms with Gasteiger partial charge in [-0.25, -0.2) is 4.79 Å². The Morgan fingerprint density at radius 2 is 2.06 bits per heavy atom. The SMILES string of the molecule is CC1CCCN(CCNC(=O)NCCC(N)=O)C1. The van der Waals surface area contributed by atoms with Crippen molar-refractivity contribution < 1.29 is 9.59 Å². The van der Waals surface area contributed by atoms with E-state index in [1.54, 1.807) is 0 Å². The first-order valence-corrected chi connectivity index (χ1v) is 6.60. The second-order valence-corrected chi connectivity index (χ2v) is 4.95. The lowest BCUT2D eigenvalue weighted by atomic mass is 10.0. The third-order valence-corrected chi connectivity index (χ3v) is 3.11. The van der Waals surface area contributed by atoms with Crippen LogP contribution in [0.2, 0.25) is 0 Å². The van der Waals surface area contributed by atoms with E-state index in [0.717, 1.165) is 25.6 Å². The summed E-state index contributed by atoms with van der Waals surface area (Å²) in [4.78, 5) is 24.2. The lowest BCUT2D eigenvalue weighted by Crippen LogP contribution is -2.43. The van der Waals surface area contributed by atoms with Crippen molar-refractivity contribution in [3.8, 4) is 0 Å². The van der Waals surface area contributed by atoms with E-state index in [1.165, 1.54) is 12.8 Å².